The number of carbonyl (C=O) groups excluding carboxylic acids is 1. The third-order valence-electron chi connectivity index (χ3n) is 5.36. The van der Waals surface area contributed by atoms with Crippen molar-refractivity contribution in [2.24, 2.45) is 5.92 Å². The number of nitrogens with one attached hydrogen (secondary N) is 1. The van der Waals surface area contributed by atoms with Crippen molar-refractivity contribution in [3.63, 3.8) is 0 Å². The molecule has 150 valence electrons. The van der Waals surface area contributed by atoms with E-state index in [1.54, 1.807) is 13.0 Å². The van der Waals surface area contributed by atoms with Crippen molar-refractivity contribution in [3.8, 4) is 11.3 Å². The Morgan fingerprint density at radius 2 is 1.97 bits per heavy atom. The van der Waals surface area contributed by atoms with E-state index >= 15 is 0 Å². The minimum absolute atomic E-state index is 0.175. The van der Waals surface area contributed by atoms with Gasteiger partial charge in [-0.25, -0.2) is 4.98 Å². The average molecular weight is 411 g/mol. The number of carbonyl (C=O) groups is 1. The van der Waals surface area contributed by atoms with Gasteiger partial charge >= 0.3 is 0 Å². The summed E-state index contributed by atoms with van der Waals surface area (Å²) in [6, 6.07) is 13.3. The predicted molar refractivity (Wildman–Crippen MR) is 113 cm³/mol. The number of halogens is 1. The molecule has 0 spiro atoms. The minimum Gasteiger partial charge on any atom is -0.360 e. The molecule has 0 aliphatic carbocycles. The first-order chi connectivity index (χ1) is 14.1. The molecule has 6 nitrogen and oxygen atoms in total. The summed E-state index contributed by atoms with van der Waals surface area (Å²) in [6.07, 6.45) is 3.84. The summed E-state index contributed by atoms with van der Waals surface area (Å²) in [5.41, 5.74) is 1.62. The van der Waals surface area contributed by atoms with Crippen molar-refractivity contribution in [1.82, 2.24) is 15.5 Å². The molecule has 1 amide bonds. The number of hydrogen-bond acceptors (Lipinski definition) is 5. The van der Waals surface area contributed by atoms with E-state index in [1.807, 2.05) is 42.6 Å². The molecule has 7 heteroatoms. The van der Waals surface area contributed by atoms with Crippen LogP contribution in [0.25, 0.3) is 11.3 Å². The molecular weight excluding hydrogens is 388 g/mol. The second kappa shape index (κ2) is 8.66. The van der Waals surface area contributed by atoms with Crippen LogP contribution >= 0.6 is 11.6 Å². The standard InChI is InChI=1S/C22H23ClN4O2/c1-15-20(21(26-29-15)17-6-2-3-7-18(17)23)22(28)25-14-16-9-12-27(13-10-16)19-8-4-5-11-24-19/h2-8,11,16H,9-10,12-14H2,1H3,(H,25,28). The van der Waals surface area contributed by atoms with Crippen LogP contribution in [0.3, 0.4) is 0 Å². The van der Waals surface area contributed by atoms with Gasteiger partial charge in [-0.3, -0.25) is 4.79 Å². The van der Waals surface area contributed by atoms with Gasteiger partial charge < -0.3 is 14.7 Å². The van der Waals surface area contributed by atoms with Crippen LogP contribution in [-0.2, 0) is 0 Å². The number of aromatic nitrogens is 2. The highest BCUT2D eigenvalue weighted by Crippen LogP contribution is 2.31. The van der Waals surface area contributed by atoms with Gasteiger partial charge in [-0.15, -0.1) is 0 Å². The molecular formula is C22H23ClN4O2. The molecule has 1 aromatic carbocycles. The first-order valence-corrected chi connectivity index (χ1v) is 10.2. The fraction of sp³-hybridized carbons (Fsp3) is 0.318. The molecule has 1 aliphatic heterocycles. The Kier molecular flexibility index (Phi) is 5.81. The minimum atomic E-state index is -0.175. The highest BCUT2D eigenvalue weighted by Gasteiger charge is 2.25. The SMILES string of the molecule is Cc1onc(-c2ccccc2Cl)c1C(=O)NCC1CCN(c2ccccn2)CC1. The summed E-state index contributed by atoms with van der Waals surface area (Å²) in [7, 11) is 0. The molecule has 0 radical (unpaired) electrons. The third-order valence-corrected chi connectivity index (χ3v) is 5.69. The van der Waals surface area contributed by atoms with E-state index < -0.39 is 0 Å². The van der Waals surface area contributed by atoms with Gasteiger partial charge in [0.1, 0.15) is 22.8 Å². The molecule has 29 heavy (non-hydrogen) atoms. The van der Waals surface area contributed by atoms with Crippen LogP contribution in [0.5, 0.6) is 0 Å². The first-order valence-electron chi connectivity index (χ1n) is 9.79. The maximum atomic E-state index is 12.9. The van der Waals surface area contributed by atoms with E-state index in [0.29, 0.717) is 40.1 Å². The van der Waals surface area contributed by atoms with Crippen LogP contribution in [0.4, 0.5) is 5.82 Å². The van der Waals surface area contributed by atoms with Gasteiger partial charge in [-0.1, -0.05) is 41.0 Å². The van der Waals surface area contributed by atoms with Crippen LogP contribution < -0.4 is 10.2 Å². The summed E-state index contributed by atoms with van der Waals surface area (Å²) in [5, 5.41) is 7.67. The highest BCUT2D eigenvalue weighted by molar-refractivity contribution is 6.33. The topological polar surface area (TPSA) is 71.3 Å². The fourth-order valence-corrected chi connectivity index (χ4v) is 3.93. The lowest BCUT2D eigenvalue weighted by molar-refractivity contribution is 0.0944. The van der Waals surface area contributed by atoms with Crippen molar-refractivity contribution in [3.05, 3.63) is 65.0 Å². The molecule has 1 saturated heterocycles. The number of nitrogens with zero attached hydrogens (tertiary/aromatic N) is 3. The second-order valence-electron chi connectivity index (χ2n) is 7.27. The van der Waals surface area contributed by atoms with Crippen LogP contribution in [-0.4, -0.2) is 35.7 Å². The molecule has 0 unspecified atom stereocenters. The fourth-order valence-electron chi connectivity index (χ4n) is 3.71. The Labute approximate surface area is 174 Å². The molecule has 3 heterocycles. The van der Waals surface area contributed by atoms with Gasteiger partial charge in [-0.2, -0.15) is 0 Å². The van der Waals surface area contributed by atoms with Crippen molar-refractivity contribution in [2.75, 3.05) is 24.5 Å². The van der Waals surface area contributed by atoms with Gasteiger partial charge in [0.2, 0.25) is 0 Å². The number of piperidine rings is 1. The van der Waals surface area contributed by atoms with E-state index in [9.17, 15) is 4.79 Å². The average Bonchev–Trinajstić information content (AvgIpc) is 3.14. The van der Waals surface area contributed by atoms with Crippen LogP contribution in [0.2, 0.25) is 5.02 Å². The molecule has 0 atom stereocenters. The summed E-state index contributed by atoms with van der Waals surface area (Å²) in [6.45, 7) is 4.25. The molecule has 4 rings (SSSR count). The van der Waals surface area contributed by atoms with E-state index in [2.05, 4.69) is 20.4 Å². The Hall–Kier alpha value is -2.86. The Bertz CT molecular complexity index is 981. The summed E-state index contributed by atoms with van der Waals surface area (Å²) < 4.78 is 5.30. The van der Waals surface area contributed by atoms with E-state index in [-0.39, 0.29) is 5.91 Å². The summed E-state index contributed by atoms with van der Waals surface area (Å²) >= 11 is 6.28. The molecule has 1 N–H and O–H groups in total. The number of rotatable bonds is 5. The summed E-state index contributed by atoms with van der Waals surface area (Å²) in [5.74, 6) is 1.76. The number of benzene rings is 1. The molecule has 3 aromatic rings. The van der Waals surface area contributed by atoms with Crippen molar-refractivity contribution in [1.29, 1.82) is 0 Å². The van der Waals surface area contributed by atoms with Crippen LogP contribution in [0.1, 0.15) is 29.0 Å². The molecule has 2 aromatic heterocycles. The number of hydrogen-bond donors (Lipinski definition) is 1. The quantitative estimate of drug-likeness (QED) is 0.677. The zero-order valence-electron chi connectivity index (χ0n) is 16.3. The lowest BCUT2D eigenvalue weighted by Gasteiger charge is -2.32. The monoisotopic (exact) mass is 410 g/mol. The van der Waals surface area contributed by atoms with E-state index in [1.165, 1.54) is 0 Å². The predicted octanol–water partition coefficient (Wildman–Crippen LogP) is 4.34. The zero-order chi connectivity index (χ0) is 20.2. The highest BCUT2D eigenvalue weighted by atomic mass is 35.5. The number of aryl methyl sites for hydroxylation is 1. The molecule has 0 saturated carbocycles. The first kappa shape index (κ1) is 19.5. The number of pyridine rings is 1. The van der Waals surface area contributed by atoms with Gasteiger partial charge in [0.15, 0.2) is 0 Å². The van der Waals surface area contributed by atoms with E-state index in [0.717, 1.165) is 31.7 Å². The van der Waals surface area contributed by atoms with Gasteiger partial charge in [0, 0.05) is 31.4 Å². The third kappa shape index (κ3) is 4.27. The van der Waals surface area contributed by atoms with Crippen LogP contribution in [0, 0.1) is 12.8 Å². The molecule has 1 aliphatic rings. The number of anilines is 1. The zero-order valence-corrected chi connectivity index (χ0v) is 17.0. The normalized spacial score (nSPS) is 14.8. The molecule has 0 bridgehead atoms. The Morgan fingerprint density at radius 3 is 2.69 bits per heavy atom. The smallest absolute Gasteiger partial charge is 0.257 e. The molecule has 1 fully saturated rings. The van der Waals surface area contributed by atoms with Crippen molar-refractivity contribution in [2.45, 2.75) is 19.8 Å². The lowest BCUT2D eigenvalue weighted by Crippen LogP contribution is -2.39. The maximum absolute atomic E-state index is 12.9. The van der Waals surface area contributed by atoms with Gasteiger partial charge in [0.05, 0.1) is 5.02 Å². The maximum Gasteiger partial charge on any atom is 0.257 e. The van der Waals surface area contributed by atoms with E-state index in [4.69, 9.17) is 16.1 Å². The van der Waals surface area contributed by atoms with Crippen molar-refractivity contribution < 1.29 is 9.32 Å². The Morgan fingerprint density at radius 1 is 1.21 bits per heavy atom. The summed E-state index contributed by atoms with van der Waals surface area (Å²) in [4.78, 5) is 19.6. The largest absolute Gasteiger partial charge is 0.360 e. The van der Waals surface area contributed by atoms with Gasteiger partial charge in [0.25, 0.3) is 5.91 Å². The lowest BCUT2D eigenvalue weighted by atomic mass is 9.96. The van der Waals surface area contributed by atoms with Crippen molar-refractivity contribution >= 4 is 23.3 Å². The van der Waals surface area contributed by atoms with Gasteiger partial charge in [-0.05, 0) is 43.9 Å². The second-order valence-corrected chi connectivity index (χ2v) is 7.68. The Balaban J connectivity index is 1.38. The van der Waals surface area contributed by atoms with Crippen LogP contribution in [0.15, 0.2) is 53.2 Å². The number of amides is 1.